The van der Waals surface area contributed by atoms with Crippen molar-refractivity contribution in [2.45, 2.75) is 43.2 Å². The van der Waals surface area contributed by atoms with Gasteiger partial charge in [-0.15, -0.1) is 24.2 Å². The third-order valence-electron chi connectivity index (χ3n) is 3.58. The number of hydrogen-bond donors (Lipinski definition) is 1. The third-order valence-corrected chi connectivity index (χ3v) is 4.58. The predicted octanol–water partition coefficient (Wildman–Crippen LogP) is 2.93. The molecule has 0 spiro atoms. The van der Waals surface area contributed by atoms with Crippen molar-refractivity contribution >= 4 is 30.1 Å². The number of halogens is 1. The fourth-order valence-corrected chi connectivity index (χ4v) is 3.36. The SMILES string of the molecule is CC(N)C1CCCCN1C(=O)CSc1ccccc1.Cl. The standard InChI is InChI=1S/C15H22N2OS.ClH/c1-12(16)14-9-5-6-10-17(14)15(18)11-19-13-7-3-2-4-8-13;/h2-4,7-8,12,14H,5-6,9-11,16H2,1H3;1H. The summed E-state index contributed by atoms with van der Waals surface area (Å²) < 4.78 is 0. The molecule has 1 saturated heterocycles. The van der Waals surface area contributed by atoms with E-state index in [1.165, 1.54) is 6.42 Å². The molecule has 2 unspecified atom stereocenters. The molecule has 112 valence electrons. The minimum Gasteiger partial charge on any atom is -0.337 e. The van der Waals surface area contributed by atoms with Gasteiger partial charge in [-0.05, 0) is 38.3 Å². The highest BCUT2D eigenvalue weighted by atomic mass is 35.5. The van der Waals surface area contributed by atoms with Crippen LogP contribution in [0, 0.1) is 0 Å². The number of carbonyl (C=O) groups excluding carboxylic acids is 1. The minimum absolute atomic E-state index is 0. The number of carbonyl (C=O) groups is 1. The normalized spacial score (nSPS) is 20.1. The Morgan fingerprint density at radius 3 is 2.75 bits per heavy atom. The molecule has 1 amide bonds. The van der Waals surface area contributed by atoms with Crippen LogP contribution in [-0.2, 0) is 4.79 Å². The van der Waals surface area contributed by atoms with Gasteiger partial charge in [-0.2, -0.15) is 0 Å². The molecule has 1 heterocycles. The smallest absolute Gasteiger partial charge is 0.233 e. The molecule has 1 aliphatic rings. The van der Waals surface area contributed by atoms with Crippen LogP contribution in [-0.4, -0.2) is 35.2 Å². The second kappa shape index (κ2) is 8.55. The van der Waals surface area contributed by atoms with Gasteiger partial charge in [-0.1, -0.05) is 18.2 Å². The van der Waals surface area contributed by atoms with Crippen LogP contribution >= 0.6 is 24.2 Å². The van der Waals surface area contributed by atoms with Crippen LogP contribution in [0.25, 0.3) is 0 Å². The molecule has 2 rings (SSSR count). The van der Waals surface area contributed by atoms with Crippen molar-refractivity contribution < 1.29 is 4.79 Å². The number of nitrogens with two attached hydrogens (primary N) is 1. The number of likely N-dealkylation sites (tertiary alicyclic amines) is 1. The summed E-state index contributed by atoms with van der Waals surface area (Å²) in [5.41, 5.74) is 6.00. The van der Waals surface area contributed by atoms with E-state index in [2.05, 4.69) is 0 Å². The molecule has 0 radical (unpaired) electrons. The molecule has 1 aromatic rings. The van der Waals surface area contributed by atoms with Crippen molar-refractivity contribution in [3.05, 3.63) is 30.3 Å². The number of nitrogens with zero attached hydrogens (tertiary/aromatic N) is 1. The molecule has 1 fully saturated rings. The van der Waals surface area contributed by atoms with Crippen molar-refractivity contribution in [2.75, 3.05) is 12.3 Å². The Bertz CT molecular complexity index is 414. The average molecular weight is 315 g/mol. The maximum Gasteiger partial charge on any atom is 0.233 e. The Labute approximate surface area is 131 Å². The molecule has 20 heavy (non-hydrogen) atoms. The van der Waals surface area contributed by atoms with E-state index in [9.17, 15) is 4.79 Å². The van der Waals surface area contributed by atoms with Crippen molar-refractivity contribution in [1.82, 2.24) is 4.90 Å². The Balaban J connectivity index is 0.00000200. The summed E-state index contributed by atoms with van der Waals surface area (Å²) in [6.45, 7) is 2.86. The van der Waals surface area contributed by atoms with E-state index in [0.29, 0.717) is 5.75 Å². The molecule has 3 nitrogen and oxygen atoms in total. The lowest BCUT2D eigenvalue weighted by Crippen LogP contribution is -2.52. The van der Waals surface area contributed by atoms with Gasteiger partial charge in [0.2, 0.25) is 5.91 Å². The summed E-state index contributed by atoms with van der Waals surface area (Å²) in [6.07, 6.45) is 3.33. The summed E-state index contributed by atoms with van der Waals surface area (Å²) >= 11 is 1.60. The van der Waals surface area contributed by atoms with Crippen LogP contribution in [0.15, 0.2) is 35.2 Å². The lowest BCUT2D eigenvalue weighted by Gasteiger charge is -2.38. The Kier molecular flexibility index (Phi) is 7.41. The van der Waals surface area contributed by atoms with Crippen LogP contribution < -0.4 is 5.73 Å². The molecule has 0 saturated carbocycles. The number of piperidine rings is 1. The summed E-state index contributed by atoms with van der Waals surface area (Å²) in [5, 5.41) is 0. The highest BCUT2D eigenvalue weighted by Crippen LogP contribution is 2.22. The predicted molar refractivity (Wildman–Crippen MR) is 87.4 cm³/mol. The largest absolute Gasteiger partial charge is 0.337 e. The van der Waals surface area contributed by atoms with Gasteiger partial charge in [0.15, 0.2) is 0 Å². The Hall–Kier alpha value is -0.710. The molecule has 0 aromatic heterocycles. The van der Waals surface area contributed by atoms with Gasteiger partial charge in [0.25, 0.3) is 0 Å². The fourth-order valence-electron chi connectivity index (χ4n) is 2.56. The first-order valence-corrected chi connectivity index (χ1v) is 7.90. The van der Waals surface area contributed by atoms with Crippen LogP contribution in [0.5, 0.6) is 0 Å². The number of rotatable bonds is 4. The Morgan fingerprint density at radius 1 is 1.40 bits per heavy atom. The zero-order valence-corrected chi connectivity index (χ0v) is 13.5. The van der Waals surface area contributed by atoms with Gasteiger partial charge in [-0.3, -0.25) is 4.79 Å². The van der Waals surface area contributed by atoms with E-state index in [4.69, 9.17) is 5.73 Å². The zero-order valence-electron chi connectivity index (χ0n) is 11.8. The maximum atomic E-state index is 12.3. The van der Waals surface area contributed by atoms with Crippen molar-refractivity contribution in [3.63, 3.8) is 0 Å². The van der Waals surface area contributed by atoms with Gasteiger partial charge in [0, 0.05) is 23.5 Å². The lowest BCUT2D eigenvalue weighted by atomic mass is 9.97. The van der Waals surface area contributed by atoms with Crippen molar-refractivity contribution in [1.29, 1.82) is 0 Å². The first-order chi connectivity index (χ1) is 9.18. The first-order valence-electron chi connectivity index (χ1n) is 6.91. The van der Waals surface area contributed by atoms with Gasteiger partial charge >= 0.3 is 0 Å². The third kappa shape index (κ3) is 4.69. The van der Waals surface area contributed by atoms with Crippen molar-refractivity contribution in [3.8, 4) is 0 Å². The van der Waals surface area contributed by atoms with E-state index in [1.54, 1.807) is 11.8 Å². The van der Waals surface area contributed by atoms with E-state index >= 15 is 0 Å². The quantitative estimate of drug-likeness (QED) is 0.869. The van der Waals surface area contributed by atoms with E-state index in [0.717, 1.165) is 24.3 Å². The molecular weight excluding hydrogens is 292 g/mol. The molecule has 0 bridgehead atoms. The summed E-state index contributed by atoms with van der Waals surface area (Å²) in [6, 6.07) is 10.3. The molecule has 2 atom stereocenters. The monoisotopic (exact) mass is 314 g/mol. The minimum atomic E-state index is 0. The van der Waals surface area contributed by atoms with Crippen LogP contribution in [0.4, 0.5) is 0 Å². The number of amides is 1. The highest BCUT2D eigenvalue weighted by Gasteiger charge is 2.28. The zero-order chi connectivity index (χ0) is 13.7. The maximum absolute atomic E-state index is 12.3. The fraction of sp³-hybridized carbons (Fsp3) is 0.533. The van der Waals surface area contributed by atoms with Crippen LogP contribution in [0.1, 0.15) is 26.2 Å². The number of hydrogen-bond acceptors (Lipinski definition) is 3. The average Bonchev–Trinajstić information content (AvgIpc) is 2.46. The Morgan fingerprint density at radius 2 is 2.10 bits per heavy atom. The topological polar surface area (TPSA) is 46.3 Å². The molecule has 0 aliphatic carbocycles. The summed E-state index contributed by atoms with van der Waals surface area (Å²) in [4.78, 5) is 15.5. The van der Waals surface area contributed by atoms with Crippen molar-refractivity contribution in [2.24, 2.45) is 5.73 Å². The molecule has 5 heteroatoms. The van der Waals surface area contributed by atoms with Crippen LogP contribution in [0.3, 0.4) is 0 Å². The van der Waals surface area contributed by atoms with Gasteiger partial charge in [0.1, 0.15) is 0 Å². The van der Waals surface area contributed by atoms with Gasteiger partial charge < -0.3 is 10.6 Å². The molecule has 2 N–H and O–H groups in total. The lowest BCUT2D eigenvalue weighted by molar-refractivity contribution is -0.132. The van der Waals surface area contributed by atoms with Crippen LogP contribution in [0.2, 0.25) is 0 Å². The molecule has 1 aromatic carbocycles. The van der Waals surface area contributed by atoms with E-state index in [1.807, 2.05) is 42.2 Å². The second-order valence-corrected chi connectivity index (χ2v) is 6.16. The van der Waals surface area contributed by atoms with Gasteiger partial charge in [0.05, 0.1) is 5.75 Å². The summed E-state index contributed by atoms with van der Waals surface area (Å²) in [5.74, 6) is 0.726. The highest BCUT2D eigenvalue weighted by molar-refractivity contribution is 8.00. The molecule has 1 aliphatic heterocycles. The number of benzene rings is 1. The van der Waals surface area contributed by atoms with E-state index in [-0.39, 0.29) is 30.4 Å². The second-order valence-electron chi connectivity index (χ2n) is 5.11. The summed E-state index contributed by atoms with van der Waals surface area (Å²) in [7, 11) is 0. The number of thioether (sulfide) groups is 1. The first kappa shape index (κ1) is 17.3. The van der Waals surface area contributed by atoms with E-state index < -0.39 is 0 Å². The molecular formula is C15H23ClN2OS. The van der Waals surface area contributed by atoms with Gasteiger partial charge in [-0.25, -0.2) is 0 Å².